The zero-order valence-electron chi connectivity index (χ0n) is 9.41. The van der Waals surface area contributed by atoms with Crippen LogP contribution in [0, 0.1) is 5.41 Å². The highest BCUT2D eigenvalue weighted by Gasteiger charge is 2.33. The van der Waals surface area contributed by atoms with Gasteiger partial charge >= 0.3 is 5.97 Å². The topological polar surface area (TPSA) is 57.6 Å². The first-order valence-corrected chi connectivity index (χ1v) is 5.04. The summed E-state index contributed by atoms with van der Waals surface area (Å²) in [5.41, 5.74) is 0.0931. The number of carbonyl (C=O) groups is 2. The molecule has 0 radical (unpaired) electrons. The molecule has 0 spiro atoms. The van der Waals surface area contributed by atoms with Crippen LogP contribution in [0.3, 0.4) is 0 Å². The highest BCUT2D eigenvalue weighted by Crippen LogP contribution is 2.31. The van der Waals surface area contributed by atoms with Crippen molar-refractivity contribution in [2.24, 2.45) is 5.41 Å². The average molecular weight is 211 g/mol. The second-order valence-corrected chi connectivity index (χ2v) is 4.37. The molecular weight excluding hydrogens is 194 g/mol. The molecule has 0 saturated heterocycles. The van der Waals surface area contributed by atoms with Gasteiger partial charge in [0.15, 0.2) is 0 Å². The van der Waals surface area contributed by atoms with Crippen molar-refractivity contribution in [1.82, 2.24) is 4.90 Å². The molecule has 84 valence electrons. The van der Waals surface area contributed by atoms with E-state index in [4.69, 9.17) is 5.11 Å². The lowest BCUT2D eigenvalue weighted by Crippen LogP contribution is -2.37. The molecule has 15 heavy (non-hydrogen) atoms. The third kappa shape index (κ3) is 2.37. The maximum absolute atomic E-state index is 11.1. The summed E-state index contributed by atoms with van der Waals surface area (Å²) in [4.78, 5) is 23.8. The number of carboxylic acids is 1. The van der Waals surface area contributed by atoms with E-state index in [1.165, 1.54) is 6.92 Å². The summed E-state index contributed by atoms with van der Waals surface area (Å²) in [5, 5.41) is 9.05. The predicted octanol–water partition coefficient (Wildman–Crippen LogP) is 1.28. The molecule has 0 bridgehead atoms. The van der Waals surface area contributed by atoms with Crippen molar-refractivity contribution in [2.75, 3.05) is 13.1 Å². The van der Waals surface area contributed by atoms with Gasteiger partial charge < -0.3 is 10.0 Å². The Balaban J connectivity index is 2.77. The number of rotatable bonds is 2. The van der Waals surface area contributed by atoms with Crippen LogP contribution in [0.5, 0.6) is 0 Å². The molecule has 1 N–H and O–H groups in total. The molecule has 4 nitrogen and oxygen atoms in total. The van der Waals surface area contributed by atoms with E-state index < -0.39 is 11.4 Å². The number of amides is 1. The zero-order chi connectivity index (χ0) is 11.6. The first-order chi connectivity index (χ1) is 6.85. The fourth-order valence-electron chi connectivity index (χ4n) is 1.66. The molecule has 0 aromatic rings. The number of nitrogens with zero attached hydrogens (tertiary/aromatic N) is 1. The zero-order valence-corrected chi connectivity index (χ0v) is 9.41. The van der Waals surface area contributed by atoms with E-state index >= 15 is 0 Å². The van der Waals surface area contributed by atoms with Crippen LogP contribution in [-0.4, -0.2) is 35.0 Å². The third-order valence-electron chi connectivity index (χ3n) is 2.99. The van der Waals surface area contributed by atoms with Gasteiger partial charge in [-0.1, -0.05) is 11.6 Å². The van der Waals surface area contributed by atoms with Crippen molar-refractivity contribution >= 4 is 11.9 Å². The predicted molar refractivity (Wildman–Crippen MR) is 56.4 cm³/mol. The lowest BCUT2D eigenvalue weighted by atomic mass is 9.81. The van der Waals surface area contributed by atoms with Crippen molar-refractivity contribution in [3.63, 3.8) is 0 Å². The normalized spacial score (nSPS) is 17.3. The highest BCUT2D eigenvalue weighted by atomic mass is 16.4. The Kier molecular flexibility index (Phi) is 3.17. The van der Waals surface area contributed by atoms with Gasteiger partial charge in [-0.2, -0.15) is 0 Å². The van der Waals surface area contributed by atoms with Gasteiger partial charge in [0.1, 0.15) is 0 Å². The SMILES string of the molecule is CC(=O)N1CC=C(C(C)(C)C(=O)O)CC1. The van der Waals surface area contributed by atoms with E-state index in [1.54, 1.807) is 18.7 Å². The van der Waals surface area contributed by atoms with E-state index in [1.807, 2.05) is 6.08 Å². The smallest absolute Gasteiger partial charge is 0.313 e. The summed E-state index contributed by atoms with van der Waals surface area (Å²) in [7, 11) is 0. The summed E-state index contributed by atoms with van der Waals surface area (Å²) < 4.78 is 0. The Bertz CT molecular complexity index is 318. The quantitative estimate of drug-likeness (QED) is 0.700. The van der Waals surface area contributed by atoms with Crippen LogP contribution in [0.25, 0.3) is 0 Å². The molecule has 0 fully saturated rings. The first-order valence-electron chi connectivity index (χ1n) is 5.04. The Morgan fingerprint density at radius 1 is 1.47 bits per heavy atom. The molecule has 1 aliphatic rings. The lowest BCUT2D eigenvalue weighted by molar-refractivity contribution is -0.145. The molecule has 0 unspecified atom stereocenters. The monoisotopic (exact) mass is 211 g/mol. The minimum Gasteiger partial charge on any atom is -0.481 e. The molecular formula is C11H17NO3. The van der Waals surface area contributed by atoms with Crippen LogP contribution in [0.1, 0.15) is 27.2 Å². The Hall–Kier alpha value is -1.32. The maximum Gasteiger partial charge on any atom is 0.313 e. The molecule has 0 aromatic carbocycles. The van der Waals surface area contributed by atoms with E-state index in [0.717, 1.165) is 5.57 Å². The Labute approximate surface area is 89.6 Å². The molecule has 0 atom stereocenters. The fourth-order valence-corrected chi connectivity index (χ4v) is 1.66. The molecule has 1 heterocycles. The number of hydrogen-bond acceptors (Lipinski definition) is 2. The van der Waals surface area contributed by atoms with Gasteiger partial charge in [0, 0.05) is 20.0 Å². The first kappa shape index (κ1) is 11.8. The van der Waals surface area contributed by atoms with Crippen LogP contribution in [0.15, 0.2) is 11.6 Å². The largest absolute Gasteiger partial charge is 0.481 e. The van der Waals surface area contributed by atoms with E-state index in [2.05, 4.69) is 0 Å². The Morgan fingerprint density at radius 3 is 2.40 bits per heavy atom. The molecule has 0 aromatic heterocycles. The summed E-state index contributed by atoms with van der Waals surface area (Å²) in [6.45, 7) is 6.08. The number of hydrogen-bond donors (Lipinski definition) is 1. The standard InChI is InChI=1S/C11H17NO3/c1-8(13)12-6-4-9(5-7-12)11(2,3)10(14)15/h4H,5-7H2,1-3H3,(H,14,15). The fraction of sp³-hybridized carbons (Fsp3) is 0.636. The molecule has 1 amide bonds. The van der Waals surface area contributed by atoms with Crippen molar-refractivity contribution in [1.29, 1.82) is 0 Å². The summed E-state index contributed by atoms with van der Waals surface area (Å²) >= 11 is 0. The highest BCUT2D eigenvalue weighted by molar-refractivity contribution is 5.78. The molecule has 1 aliphatic heterocycles. The second kappa shape index (κ2) is 4.04. The average Bonchev–Trinajstić information content (AvgIpc) is 2.17. The minimum absolute atomic E-state index is 0.0402. The van der Waals surface area contributed by atoms with Gasteiger partial charge in [0.25, 0.3) is 0 Å². The summed E-state index contributed by atoms with van der Waals surface area (Å²) in [5.74, 6) is -0.775. The number of carbonyl (C=O) groups excluding carboxylic acids is 1. The van der Waals surface area contributed by atoms with Gasteiger partial charge in [-0.15, -0.1) is 0 Å². The van der Waals surface area contributed by atoms with Crippen molar-refractivity contribution in [3.8, 4) is 0 Å². The third-order valence-corrected chi connectivity index (χ3v) is 2.99. The molecule has 0 aliphatic carbocycles. The van der Waals surface area contributed by atoms with E-state index in [0.29, 0.717) is 19.5 Å². The summed E-state index contributed by atoms with van der Waals surface area (Å²) in [6.07, 6.45) is 2.51. The van der Waals surface area contributed by atoms with Crippen molar-refractivity contribution in [2.45, 2.75) is 27.2 Å². The van der Waals surface area contributed by atoms with Crippen molar-refractivity contribution < 1.29 is 14.7 Å². The number of aliphatic carboxylic acids is 1. The second-order valence-electron chi connectivity index (χ2n) is 4.37. The maximum atomic E-state index is 11.1. The molecule has 1 rings (SSSR count). The molecule has 4 heteroatoms. The lowest BCUT2D eigenvalue weighted by Gasteiger charge is -2.31. The van der Waals surface area contributed by atoms with Gasteiger partial charge in [-0.05, 0) is 20.3 Å². The molecule has 0 saturated carbocycles. The van der Waals surface area contributed by atoms with Gasteiger partial charge in [0.05, 0.1) is 5.41 Å². The van der Waals surface area contributed by atoms with Crippen LogP contribution in [0.2, 0.25) is 0 Å². The summed E-state index contributed by atoms with van der Waals surface area (Å²) in [6, 6.07) is 0. The van der Waals surface area contributed by atoms with Crippen LogP contribution in [0.4, 0.5) is 0 Å². The van der Waals surface area contributed by atoms with Gasteiger partial charge in [-0.25, -0.2) is 0 Å². The van der Waals surface area contributed by atoms with Crippen LogP contribution in [-0.2, 0) is 9.59 Å². The van der Waals surface area contributed by atoms with E-state index in [-0.39, 0.29) is 5.91 Å². The van der Waals surface area contributed by atoms with Crippen molar-refractivity contribution in [3.05, 3.63) is 11.6 Å². The number of carboxylic acid groups (broad SMARTS) is 1. The Morgan fingerprint density at radius 2 is 2.07 bits per heavy atom. The van der Waals surface area contributed by atoms with Gasteiger partial charge in [0.2, 0.25) is 5.91 Å². The van der Waals surface area contributed by atoms with Crippen LogP contribution >= 0.6 is 0 Å². The minimum atomic E-state index is -0.817. The van der Waals surface area contributed by atoms with Gasteiger partial charge in [-0.3, -0.25) is 9.59 Å². The van der Waals surface area contributed by atoms with E-state index in [9.17, 15) is 9.59 Å². The van der Waals surface area contributed by atoms with Crippen LogP contribution < -0.4 is 0 Å².